The van der Waals surface area contributed by atoms with Crippen LogP contribution in [0.1, 0.15) is 19.3 Å². The number of primary amides is 1. The van der Waals surface area contributed by atoms with Gasteiger partial charge in [-0.25, -0.2) is 9.18 Å². The molecule has 2 fully saturated rings. The molecule has 3 atom stereocenters. The SMILES string of the molecule is NC(=O)N(/N=C1/C(=O)C2CCCC(F)C2C1=O)c1ccccc1. The highest BCUT2D eigenvalue weighted by molar-refractivity contribution is 6.70. The lowest BCUT2D eigenvalue weighted by Crippen LogP contribution is -2.34. The molecule has 0 aliphatic heterocycles. The van der Waals surface area contributed by atoms with Gasteiger partial charge in [-0.2, -0.15) is 10.1 Å². The van der Waals surface area contributed by atoms with E-state index in [1.165, 1.54) is 0 Å². The second-order valence-corrected chi connectivity index (χ2v) is 5.74. The molecule has 2 amide bonds. The molecule has 3 unspecified atom stereocenters. The first-order chi connectivity index (χ1) is 11.0. The third-order valence-electron chi connectivity index (χ3n) is 4.33. The van der Waals surface area contributed by atoms with Gasteiger partial charge in [0.05, 0.1) is 11.6 Å². The minimum atomic E-state index is -1.34. The zero-order chi connectivity index (χ0) is 16.6. The maximum atomic E-state index is 14.0. The molecular weight excluding hydrogens is 301 g/mol. The van der Waals surface area contributed by atoms with Gasteiger partial charge in [-0.1, -0.05) is 18.2 Å². The van der Waals surface area contributed by atoms with E-state index in [1.807, 2.05) is 0 Å². The number of hydrogen-bond donors (Lipinski definition) is 1. The molecule has 2 N–H and O–H groups in total. The molecule has 1 aromatic rings. The second-order valence-electron chi connectivity index (χ2n) is 5.74. The number of halogens is 1. The number of benzene rings is 1. The molecule has 6 nitrogen and oxygen atoms in total. The third kappa shape index (κ3) is 2.62. The molecule has 2 aliphatic carbocycles. The molecule has 1 aromatic carbocycles. The van der Waals surface area contributed by atoms with Gasteiger partial charge in [0.15, 0.2) is 17.3 Å². The van der Waals surface area contributed by atoms with Crippen molar-refractivity contribution in [1.29, 1.82) is 0 Å². The molecule has 0 spiro atoms. The average Bonchev–Trinajstić information content (AvgIpc) is 2.78. The lowest BCUT2D eigenvalue weighted by Gasteiger charge is -2.25. The van der Waals surface area contributed by atoms with Crippen molar-refractivity contribution in [2.24, 2.45) is 22.7 Å². The van der Waals surface area contributed by atoms with E-state index < -0.39 is 35.6 Å². The Labute approximate surface area is 132 Å². The van der Waals surface area contributed by atoms with Crippen molar-refractivity contribution in [1.82, 2.24) is 0 Å². The van der Waals surface area contributed by atoms with Crippen LogP contribution in [0.5, 0.6) is 0 Å². The summed E-state index contributed by atoms with van der Waals surface area (Å²) >= 11 is 0. The Bertz CT molecular complexity index is 689. The predicted molar refractivity (Wildman–Crippen MR) is 81.7 cm³/mol. The van der Waals surface area contributed by atoms with Crippen molar-refractivity contribution in [2.45, 2.75) is 25.4 Å². The van der Waals surface area contributed by atoms with Crippen molar-refractivity contribution in [3.05, 3.63) is 30.3 Å². The van der Waals surface area contributed by atoms with Crippen LogP contribution >= 0.6 is 0 Å². The quantitative estimate of drug-likeness (QED) is 0.843. The zero-order valence-corrected chi connectivity index (χ0v) is 12.3. The topological polar surface area (TPSA) is 92.8 Å². The maximum Gasteiger partial charge on any atom is 0.340 e. The number of amides is 2. The number of alkyl halides is 1. The molecular formula is C16H16FN3O3. The van der Waals surface area contributed by atoms with Crippen LogP contribution in [0.2, 0.25) is 0 Å². The number of ketones is 2. The van der Waals surface area contributed by atoms with Crippen LogP contribution in [0.15, 0.2) is 35.4 Å². The molecule has 7 heteroatoms. The van der Waals surface area contributed by atoms with Crippen LogP contribution in [0.4, 0.5) is 14.9 Å². The predicted octanol–water partition coefficient (Wildman–Crippen LogP) is 1.83. The minimum Gasteiger partial charge on any atom is -0.350 e. The third-order valence-corrected chi connectivity index (χ3v) is 4.33. The number of Topliss-reactive ketones (excluding diaryl/α,β-unsaturated/α-hetero) is 2. The van der Waals surface area contributed by atoms with Crippen LogP contribution in [0.25, 0.3) is 0 Å². The van der Waals surface area contributed by atoms with Crippen molar-refractivity contribution >= 4 is 29.0 Å². The summed E-state index contributed by atoms with van der Waals surface area (Å²) < 4.78 is 14.0. The van der Waals surface area contributed by atoms with E-state index in [1.54, 1.807) is 30.3 Å². The number of urea groups is 1. The van der Waals surface area contributed by atoms with Gasteiger partial charge >= 0.3 is 6.03 Å². The van der Waals surface area contributed by atoms with Gasteiger partial charge in [0, 0.05) is 5.92 Å². The van der Waals surface area contributed by atoms with Crippen LogP contribution in [0, 0.1) is 11.8 Å². The van der Waals surface area contributed by atoms with Gasteiger partial charge in [-0.15, -0.1) is 0 Å². The first-order valence-electron chi connectivity index (χ1n) is 7.46. The van der Waals surface area contributed by atoms with E-state index in [2.05, 4.69) is 5.10 Å². The first-order valence-corrected chi connectivity index (χ1v) is 7.46. The Morgan fingerprint density at radius 2 is 1.87 bits per heavy atom. The number of carbonyl (C=O) groups excluding carboxylic acids is 3. The van der Waals surface area contributed by atoms with Gasteiger partial charge in [0.2, 0.25) is 0 Å². The van der Waals surface area contributed by atoms with Gasteiger partial charge in [0.25, 0.3) is 0 Å². The highest BCUT2D eigenvalue weighted by atomic mass is 19.1. The summed E-state index contributed by atoms with van der Waals surface area (Å²) in [7, 11) is 0. The minimum absolute atomic E-state index is 0.270. The van der Waals surface area contributed by atoms with Crippen molar-refractivity contribution in [3.8, 4) is 0 Å². The number of fused-ring (bicyclic) bond motifs is 1. The number of carbonyl (C=O) groups is 3. The summed E-state index contributed by atoms with van der Waals surface area (Å²) in [6.07, 6.45) is -0.0357. The number of nitrogens with two attached hydrogens (primary N) is 1. The first kappa shape index (κ1) is 15.3. The van der Waals surface area contributed by atoms with Gasteiger partial charge in [-0.3, -0.25) is 9.59 Å². The number of hydrogen-bond acceptors (Lipinski definition) is 4. The van der Waals surface area contributed by atoms with E-state index in [0.717, 1.165) is 5.01 Å². The monoisotopic (exact) mass is 317 g/mol. The van der Waals surface area contributed by atoms with E-state index in [0.29, 0.717) is 18.5 Å². The normalized spacial score (nSPS) is 28.7. The van der Waals surface area contributed by atoms with Crippen LogP contribution < -0.4 is 10.7 Å². The molecule has 23 heavy (non-hydrogen) atoms. The number of rotatable bonds is 2. The van der Waals surface area contributed by atoms with E-state index in [-0.39, 0.29) is 12.1 Å². The van der Waals surface area contributed by atoms with Crippen LogP contribution in [-0.2, 0) is 9.59 Å². The fourth-order valence-corrected chi connectivity index (χ4v) is 3.24. The smallest absolute Gasteiger partial charge is 0.340 e. The van der Waals surface area contributed by atoms with E-state index in [9.17, 15) is 18.8 Å². The molecule has 0 heterocycles. The van der Waals surface area contributed by atoms with Gasteiger partial charge in [-0.05, 0) is 31.4 Å². The summed E-state index contributed by atoms with van der Waals surface area (Å²) in [4.78, 5) is 36.4. The summed E-state index contributed by atoms with van der Waals surface area (Å²) in [5, 5.41) is 4.68. The molecule has 0 radical (unpaired) electrons. The lowest BCUT2D eigenvalue weighted by molar-refractivity contribution is -0.123. The van der Waals surface area contributed by atoms with Gasteiger partial charge < -0.3 is 5.73 Å². The fraction of sp³-hybridized carbons (Fsp3) is 0.375. The van der Waals surface area contributed by atoms with Gasteiger partial charge in [0.1, 0.15) is 6.17 Å². The molecule has 3 rings (SSSR count). The largest absolute Gasteiger partial charge is 0.350 e. The average molecular weight is 317 g/mol. The molecule has 2 aliphatic rings. The van der Waals surface area contributed by atoms with E-state index in [4.69, 9.17) is 5.73 Å². The number of para-hydroxylation sites is 1. The number of anilines is 1. The van der Waals surface area contributed by atoms with Crippen molar-refractivity contribution < 1.29 is 18.8 Å². The second kappa shape index (κ2) is 5.91. The summed E-state index contributed by atoms with van der Waals surface area (Å²) in [6.45, 7) is 0. The lowest BCUT2D eigenvalue weighted by atomic mass is 9.80. The highest BCUT2D eigenvalue weighted by Gasteiger charge is 2.52. The highest BCUT2D eigenvalue weighted by Crippen LogP contribution is 2.39. The number of nitrogens with zero attached hydrogens (tertiary/aromatic N) is 2. The fourth-order valence-electron chi connectivity index (χ4n) is 3.24. The van der Waals surface area contributed by atoms with Crippen molar-refractivity contribution in [3.63, 3.8) is 0 Å². The molecule has 0 bridgehead atoms. The Morgan fingerprint density at radius 1 is 1.17 bits per heavy atom. The summed E-state index contributed by atoms with van der Waals surface area (Å²) in [6, 6.07) is 7.30. The van der Waals surface area contributed by atoms with Crippen LogP contribution in [-0.4, -0.2) is 29.5 Å². The number of hydrazone groups is 1. The maximum absolute atomic E-state index is 14.0. The molecule has 2 saturated carbocycles. The van der Waals surface area contributed by atoms with E-state index >= 15 is 0 Å². The zero-order valence-electron chi connectivity index (χ0n) is 12.3. The van der Waals surface area contributed by atoms with Crippen LogP contribution in [0.3, 0.4) is 0 Å². The Hall–Kier alpha value is -2.57. The molecule has 120 valence electrons. The van der Waals surface area contributed by atoms with Crippen molar-refractivity contribution in [2.75, 3.05) is 5.01 Å². The Balaban J connectivity index is 1.98. The molecule has 0 aromatic heterocycles. The summed E-state index contributed by atoms with van der Waals surface area (Å²) in [5.74, 6) is -2.77. The standard InChI is InChI=1S/C16H16FN3O3/c17-11-8-4-7-10-12(11)15(22)13(14(10)21)19-20(16(18)23)9-5-2-1-3-6-9/h1-3,5-6,10-12H,4,7-8H2,(H2,18,23)/b19-13-. The Kier molecular flexibility index (Phi) is 3.94. The summed E-state index contributed by atoms with van der Waals surface area (Å²) in [5.41, 5.74) is 5.25. The molecule has 0 saturated heterocycles. The Morgan fingerprint density at radius 3 is 2.48 bits per heavy atom.